The van der Waals surface area contributed by atoms with Crippen LogP contribution in [0.1, 0.15) is 32.1 Å². The van der Waals surface area contributed by atoms with Gasteiger partial charge in [-0.25, -0.2) is 4.79 Å². The number of aliphatic carboxylic acids is 1. The van der Waals surface area contributed by atoms with Crippen LogP contribution in [-0.4, -0.2) is 54.6 Å². The van der Waals surface area contributed by atoms with Gasteiger partial charge in [0.1, 0.15) is 0 Å². The molecular formula is C13H23N3O4. The Labute approximate surface area is 118 Å². The van der Waals surface area contributed by atoms with E-state index < -0.39 is 5.97 Å². The first-order valence-electron chi connectivity index (χ1n) is 6.87. The van der Waals surface area contributed by atoms with E-state index in [1.54, 1.807) is 14.1 Å². The van der Waals surface area contributed by atoms with E-state index in [4.69, 9.17) is 5.11 Å². The van der Waals surface area contributed by atoms with Crippen LogP contribution in [0.5, 0.6) is 0 Å². The smallest absolute Gasteiger partial charge is 0.315 e. The fourth-order valence-corrected chi connectivity index (χ4v) is 2.23. The van der Waals surface area contributed by atoms with Gasteiger partial charge >= 0.3 is 12.0 Å². The van der Waals surface area contributed by atoms with Crippen molar-refractivity contribution >= 4 is 17.9 Å². The molecule has 3 amide bonds. The molecule has 114 valence electrons. The van der Waals surface area contributed by atoms with Crippen molar-refractivity contribution in [2.45, 2.75) is 38.1 Å². The fraction of sp³-hybridized carbons (Fsp3) is 0.769. The summed E-state index contributed by atoms with van der Waals surface area (Å²) in [5.41, 5.74) is 0. The average molecular weight is 285 g/mol. The lowest BCUT2D eigenvalue weighted by molar-refractivity contribution is -0.142. The first-order chi connectivity index (χ1) is 9.40. The van der Waals surface area contributed by atoms with E-state index >= 15 is 0 Å². The molecule has 0 radical (unpaired) electrons. The van der Waals surface area contributed by atoms with Crippen LogP contribution in [0.15, 0.2) is 0 Å². The second-order valence-electron chi connectivity index (χ2n) is 5.33. The van der Waals surface area contributed by atoms with E-state index in [9.17, 15) is 14.4 Å². The third kappa shape index (κ3) is 5.46. The highest BCUT2D eigenvalue weighted by Crippen LogP contribution is 2.24. The highest BCUT2D eigenvalue weighted by Gasteiger charge is 2.26. The molecule has 0 aromatic heterocycles. The van der Waals surface area contributed by atoms with Gasteiger partial charge in [-0.2, -0.15) is 0 Å². The Bertz CT molecular complexity index is 363. The lowest BCUT2D eigenvalue weighted by Crippen LogP contribution is -2.44. The number of urea groups is 1. The Morgan fingerprint density at radius 2 is 1.75 bits per heavy atom. The summed E-state index contributed by atoms with van der Waals surface area (Å²) in [5, 5.41) is 14.3. The van der Waals surface area contributed by atoms with Gasteiger partial charge in [-0.1, -0.05) is 0 Å². The second-order valence-corrected chi connectivity index (χ2v) is 5.33. The lowest BCUT2D eigenvalue weighted by Gasteiger charge is -2.26. The van der Waals surface area contributed by atoms with E-state index in [1.165, 1.54) is 4.90 Å². The van der Waals surface area contributed by atoms with Gasteiger partial charge in [-0.05, 0) is 25.7 Å². The lowest BCUT2D eigenvalue weighted by atomic mass is 9.86. The number of carboxylic acids is 1. The van der Waals surface area contributed by atoms with Gasteiger partial charge in [0, 0.05) is 33.1 Å². The molecule has 0 heterocycles. The van der Waals surface area contributed by atoms with E-state index in [0.29, 0.717) is 32.2 Å². The summed E-state index contributed by atoms with van der Waals surface area (Å²) in [4.78, 5) is 35.2. The summed E-state index contributed by atoms with van der Waals surface area (Å²) in [7, 11) is 3.34. The minimum atomic E-state index is -0.755. The van der Waals surface area contributed by atoms with Crippen molar-refractivity contribution in [1.29, 1.82) is 0 Å². The number of hydrogen-bond acceptors (Lipinski definition) is 3. The van der Waals surface area contributed by atoms with Gasteiger partial charge in [0.25, 0.3) is 0 Å². The molecule has 0 saturated heterocycles. The Morgan fingerprint density at radius 3 is 2.25 bits per heavy atom. The second kappa shape index (κ2) is 7.72. The number of rotatable bonds is 5. The number of nitrogens with zero attached hydrogens (tertiary/aromatic N) is 1. The number of carbonyl (C=O) groups is 3. The third-order valence-corrected chi connectivity index (χ3v) is 3.53. The highest BCUT2D eigenvalue weighted by atomic mass is 16.4. The van der Waals surface area contributed by atoms with Crippen LogP contribution < -0.4 is 10.6 Å². The number of nitrogens with one attached hydrogen (secondary N) is 2. The van der Waals surface area contributed by atoms with Gasteiger partial charge < -0.3 is 20.6 Å². The molecule has 0 aromatic carbocycles. The van der Waals surface area contributed by atoms with Crippen LogP contribution in [0.3, 0.4) is 0 Å². The molecule has 0 aromatic rings. The van der Waals surface area contributed by atoms with E-state index in [0.717, 1.165) is 0 Å². The van der Waals surface area contributed by atoms with Gasteiger partial charge in [0.2, 0.25) is 5.91 Å². The zero-order valence-corrected chi connectivity index (χ0v) is 12.0. The molecule has 7 heteroatoms. The maximum Gasteiger partial charge on any atom is 0.315 e. The van der Waals surface area contributed by atoms with Crippen LogP contribution in [0, 0.1) is 5.92 Å². The van der Waals surface area contributed by atoms with Crippen LogP contribution in [-0.2, 0) is 9.59 Å². The predicted molar refractivity (Wildman–Crippen MR) is 73.2 cm³/mol. The zero-order valence-electron chi connectivity index (χ0n) is 12.0. The monoisotopic (exact) mass is 285 g/mol. The summed E-state index contributed by atoms with van der Waals surface area (Å²) < 4.78 is 0. The molecule has 1 saturated carbocycles. The molecular weight excluding hydrogens is 262 g/mol. The quantitative estimate of drug-likeness (QED) is 0.681. The standard InChI is InChI=1S/C13H23N3O4/c1-16(2)11(17)7-8-14-13(20)15-10-5-3-9(4-6-10)12(18)19/h9-10H,3-8H2,1-2H3,(H,18,19)(H2,14,15,20). The fourth-order valence-electron chi connectivity index (χ4n) is 2.23. The molecule has 1 fully saturated rings. The van der Waals surface area contributed by atoms with Crippen LogP contribution in [0.25, 0.3) is 0 Å². The Hall–Kier alpha value is -1.79. The topological polar surface area (TPSA) is 98.7 Å². The molecule has 0 bridgehead atoms. The summed E-state index contributed by atoms with van der Waals surface area (Å²) in [6.45, 7) is 0.299. The van der Waals surface area contributed by atoms with E-state index in [1.807, 2.05) is 0 Å². The summed E-state index contributed by atoms with van der Waals surface area (Å²) in [6.07, 6.45) is 2.83. The number of hydrogen-bond donors (Lipinski definition) is 3. The van der Waals surface area contributed by atoms with Crippen LogP contribution >= 0.6 is 0 Å². The molecule has 3 N–H and O–H groups in total. The summed E-state index contributed by atoms with van der Waals surface area (Å²) >= 11 is 0. The van der Waals surface area contributed by atoms with Crippen molar-refractivity contribution in [2.75, 3.05) is 20.6 Å². The van der Waals surface area contributed by atoms with E-state index in [-0.39, 0.29) is 30.3 Å². The average Bonchev–Trinajstić information content (AvgIpc) is 2.39. The predicted octanol–water partition coefficient (Wildman–Crippen LogP) is 0.407. The van der Waals surface area contributed by atoms with Crippen molar-refractivity contribution in [1.82, 2.24) is 15.5 Å². The van der Waals surface area contributed by atoms with Gasteiger partial charge in [0.15, 0.2) is 0 Å². The van der Waals surface area contributed by atoms with E-state index in [2.05, 4.69) is 10.6 Å². The van der Waals surface area contributed by atoms with Gasteiger partial charge in [-0.15, -0.1) is 0 Å². The Balaban J connectivity index is 2.17. The van der Waals surface area contributed by atoms with Crippen molar-refractivity contribution in [3.8, 4) is 0 Å². The van der Waals surface area contributed by atoms with Crippen LogP contribution in [0.4, 0.5) is 4.79 Å². The SMILES string of the molecule is CN(C)C(=O)CCNC(=O)NC1CCC(C(=O)O)CC1. The van der Waals surface area contributed by atoms with Crippen LogP contribution in [0.2, 0.25) is 0 Å². The Kier molecular flexibility index (Phi) is 6.27. The third-order valence-electron chi connectivity index (χ3n) is 3.53. The molecule has 1 rings (SSSR count). The highest BCUT2D eigenvalue weighted by molar-refractivity contribution is 5.78. The molecule has 0 spiro atoms. The first-order valence-corrected chi connectivity index (χ1v) is 6.87. The van der Waals surface area contributed by atoms with Crippen molar-refractivity contribution in [3.63, 3.8) is 0 Å². The van der Waals surface area contributed by atoms with Gasteiger partial charge in [-0.3, -0.25) is 9.59 Å². The first kappa shape index (κ1) is 16.3. The zero-order chi connectivity index (χ0) is 15.1. The van der Waals surface area contributed by atoms with Crippen molar-refractivity contribution in [3.05, 3.63) is 0 Å². The molecule has 0 unspecified atom stereocenters. The maximum atomic E-state index is 11.6. The van der Waals surface area contributed by atoms with Gasteiger partial charge in [0.05, 0.1) is 5.92 Å². The molecule has 0 atom stereocenters. The normalized spacial score (nSPS) is 21.9. The number of amides is 3. The number of carboxylic acid groups (broad SMARTS) is 1. The van der Waals surface area contributed by atoms with Crippen molar-refractivity contribution < 1.29 is 19.5 Å². The molecule has 1 aliphatic rings. The minimum Gasteiger partial charge on any atom is -0.481 e. The minimum absolute atomic E-state index is 0.0233. The van der Waals surface area contributed by atoms with Crippen molar-refractivity contribution in [2.24, 2.45) is 5.92 Å². The Morgan fingerprint density at radius 1 is 1.15 bits per heavy atom. The molecule has 0 aliphatic heterocycles. The number of carbonyl (C=O) groups excluding carboxylic acids is 2. The maximum absolute atomic E-state index is 11.6. The molecule has 7 nitrogen and oxygen atoms in total. The largest absolute Gasteiger partial charge is 0.481 e. The summed E-state index contributed by atoms with van der Waals surface area (Å²) in [6, 6.07) is -0.273. The molecule has 20 heavy (non-hydrogen) atoms. The summed E-state index contributed by atoms with van der Waals surface area (Å²) in [5.74, 6) is -1.07. The molecule has 1 aliphatic carbocycles.